The van der Waals surface area contributed by atoms with Crippen LogP contribution in [0.15, 0.2) is 48.5 Å². The molecule has 0 unspecified atom stereocenters. The van der Waals surface area contributed by atoms with Gasteiger partial charge >= 0.3 is 0 Å². The predicted octanol–water partition coefficient (Wildman–Crippen LogP) is 3.95. The minimum Gasteiger partial charge on any atom is -0.383 e. The first kappa shape index (κ1) is 13.4. The summed E-state index contributed by atoms with van der Waals surface area (Å²) in [7, 11) is 1.88. The first-order valence-corrected chi connectivity index (χ1v) is 7.03. The van der Waals surface area contributed by atoms with Crippen molar-refractivity contribution in [3.05, 3.63) is 59.7 Å². The number of rotatable bonds is 2. The van der Waals surface area contributed by atoms with Crippen LogP contribution in [0.5, 0.6) is 0 Å². The standard InChI is InChI=1S/C18H19N3/c1-12-9-10-15(11-13(12)2)17-16(18(19)21(3)20-17)14-7-5-4-6-8-14/h4-11H,19H2,1-3H3. The van der Waals surface area contributed by atoms with E-state index in [0.29, 0.717) is 5.82 Å². The molecule has 0 amide bonds. The molecule has 2 aromatic carbocycles. The quantitative estimate of drug-likeness (QED) is 0.770. The van der Waals surface area contributed by atoms with Gasteiger partial charge < -0.3 is 5.73 Å². The molecular weight excluding hydrogens is 258 g/mol. The summed E-state index contributed by atoms with van der Waals surface area (Å²) in [6.07, 6.45) is 0. The van der Waals surface area contributed by atoms with Gasteiger partial charge in [0.05, 0.1) is 5.56 Å². The Morgan fingerprint density at radius 1 is 0.905 bits per heavy atom. The maximum atomic E-state index is 6.24. The van der Waals surface area contributed by atoms with Gasteiger partial charge in [0, 0.05) is 12.6 Å². The van der Waals surface area contributed by atoms with E-state index in [1.165, 1.54) is 11.1 Å². The number of aromatic nitrogens is 2. The molecule has 2 N–H and O–H groups in total. The lowest BCUT2D eigenvalue weighted by atomic mass is 9.98. The third-order valence-electron chi connectivity index (χ3n) is 3.93. The summed E-state index contributed by atoms with van der Waals surface area (Å²) >= 11 is 0. The van der Waals surface area contributed by atoms with Crippen molar-refractivity contribution < 1.29 is 0 Å². The Morgan fingerprint density at radius 2 is 1.62 bits per heavy atom. The van der Waals surface area contributed by atoms with E-state index in [4.69, 9.17) is 5.73 Å². The summed E-state index contributed by atoms with van der Waals surface area (Å²) in [6, 6.07) is 16.6. The molecule has 0 bridgehead atoms. The van der Waals surface area contributed by atoms with Crippen molar-refractivity contribution in [2.45, 2.75) is 13.8 Å². The van der Waals surface area contributed by atoms with Gasteiger partial charge in [0.25, 0.3) is 0 Å². The van der Waals surface area contributed by atoms with Crippen LogP contribution in [-0.4, -0.2) is 9.78 Å². The first-order valence-electron chi connectivity index (χ1n) is 7.03. The van der Waals surface area contributed by atoms with Gasteiger partial charge in [0.1, 0.15) is 11.5 Å². The van der Waals surface area contributed by atoms with E-state index in [0.717, 1.165) is 22.4 Å². The molecule has 0 saturated carbocycles. The molecule has 0 aliphatic rings. The van der Waals surface area contributed by atoms with Gasteiger partial charge in [-0.3, -0.25) is 4.68 Å². The fourth-order valence-corrected chi connectivity index (χ4v) is 2.52. The van der Waals surface area contributed by atoms with Crippen molar-refractivity contribution >= 4 is 5.82 Å². The van der Waals surface area contributed by atoms with Crippen molar-refractivity contribution in [2.75, 3.05) is 5.73 Å². The van der Waals surface area contributed by atoms with Gasteiger partial charge in [0.2, 0.25) is 0 Å². The molecule has 0 fully saturated rings. The van der Waals surface area contributed by atoms with Crippen LogP contribution in [-0.2, 0) is 7.05 Å². The Morgan fingerprint density at radius 3 is 2.29 bits per heavy atom. The molecule has 21 heavy (non-hydrogen) atoms. The number of aryl methyl sites for hydroxylation is 3. The summed E-state index contributed by atoms with van der Waals surface area (Å²) in [5, 5.41) is 4.62. The van der Waals surface area contributed by atoms with Gasteiger partial charge in [-0.15, -0.1) is 0 Å². The van der Waals surface area contributed by atoms with E-state index in [-0.39, 0.29) is 0 Å². The predicted molar refractivity (Wildman–Crippen MR) is 88.0 cm³/mol. The van der Waals surface area contributed by atoms with Gasteiger partial charge in [-0.1, -0.05) is 42.5 Å². The van der Waals surface area contributed by atoms with E-state index in [9.17, 15) is 0 Å². The third-order valence-corrected chi connectivity index (χ3v) is 3.93. The normalized spacial score (nSPS) is 10.8. The highest BCUT2D eigenvalue weighted by molar-refractivity contribution is 5.88. The Labute approximate surface area is 125 Å². The first-order chi connectivity index (χ1) is 10.1. The van der Waals surface area contributed by atoms with Crippen LogP contribution < -0.4 is 5.73 Å². The number of nitrogen functional groups attached to an aromatic ring is 1. The minimum atomic E-state index is 0.689. The van der Waals surface area contributed by atoms with Crippen molar-refractivity contribution in [1.29, 1.82) is 0 Å². The highest BCUT2D eigenvalue weighted by atomic mass is 15.3. The van der Waals surface area contributed by atoms with Crippen molar-refractivity contribution in [2.24, 2.45) is 7.05 Å². The van der Waals surface area contributed by atoms with E-state index >= 15 is 0 Å². The number of hydrogen-bond donors (Lipinski definition) is 1. The smallest absolute Gasteiger partial charge is 0.129 e. The van der Waals surface area contributed by atoms with E-state index < -0.39 is 0 Å². The number of benzene rings is 2. The molecule has 3 heteroatoms. The molecule has 1 aromatic heterocycles. The second kappa shape index (κ2) is 5.09. The van der Waals surface area contributed by atoms with Crippen molar-refractivity contribution in [1.82, 2.24) is 9.78 Å². The Balaban J connectivity index is 2.24. The molecule has 106 valence electrons. The second-order valence-electron chi connectivity index (χ2n) is 5.40. The monoisotopic (exact) mass is 277 g/mol. The number of hydrogen-bond acceptors (Lipinski definition) is 2. The number of nitrogens with two attached hydrogens (primary N) is 1. The van der Waals surface area contributed by atoms with Crippen LogP contribution >= 0.6 is 0 Å². The summed E-state index contributed by atoms with van der Waals surface area (Å²) in [5.74, 6) is 0.689. The lowest BCUT2D eigenvalue weighted by Crippen LogP contribution is -1.97. The fraction of sp³-hybridized carbons (Fsp3) is 0.167. The highest BCUT2D eigenvalue weighted by Crippen LogP contribution is 2.36. The SMILES string of the molecule is Cc1ccc(-c2nn(C)c(N)c2-c2ccccc2)cc1C. The summed E-state index contributed by atoms with van der Waals surface area (Å²) in [6.45, 7) is 4.23. The molecule has 0 spiro atoms. The molecule has 0 aliphatic carbocycles. The Kier molecular flexibility index (Phi) is 3.26. The second-order valence-corrected chi connectivity index (χ2v) is 5.40. The molecule has 0 atom stereocenters. The topological polar surface area (TPSA) is 43.8 Å². The van der Waals surface area contributed by atoms with Crippen LogP contribution in [0.3, 0.4) is 0 Å². The third kappa shape index (κ3) is 2.31. The van der Waals surface area contributed by atoms with Crippen LogP contribution in [0.25, 0.3) is 22.4 Å². The molecule has 0 aliphatic heterocycles. The maximum absolute atomic E-state index is 6.24. The van der Waals surface area contributed by atoms with Crippen LogP contribution in [0.1, 0.15) is 11.1 Å². The van der Waals surface area contributed by atoms with Gasteiger partial charge in [-0.25, -0.2) is 0 Å². The van der Waals surface area contributed by atoms with E-state index in [1.54, 1.807) is 4.68 Å². The van der Waals surface area contributed by atoms with Crippen molar-refractivity contribution in [3.8, 4) is 22.4 Å². The van der Waals surface area contributed by atoms with Gasteiger partial charge in [-0.2, -0.15) is 5.10 Å². The van der Waals surface area contributed by atoms with E-state index in [2.05, 4.69) is 49.3 Å². The molecule has 0 radical (unpaired) electrons. The van der Waals surface area contributed by atoms with Gasteiger partial charge in [0.15, 0.2) is 0 Å². The highest BCUT2D eigenvalue weighted by Gasteiger charge is 2.17. The van der Waals surface area contributed by atoms with Crippen LogP contribution in [0.2, 0.25) is 0 Å². The average Bonchev–Trinajstić information content (AvgIpc) is 2.79. The van der Waals surface area contributed by atoms with Gasteiger partial charge in [-0.05, 0) is 36.6 Å². The zero-order valence-corrected chi connectivity index (χ0v) is 12.6. The lowest BCUT2D eigenvalue weighted by Gasteiger charge is -2.06. The largest absolute Gasteiger partial charge is 0.383 e. The zero-order chi connectivity index (χ0) is 15.0. The summed E-state index contributed by atoms with van der Waals surface area (Å²) in [5.41, 5.74) is 12.9. The Bertz CT molecular complexity index is 786. The maximum Gasteiger partial charge on any atom is 0.129 e. The lowest BCUT2D eigenvalue weighted by molar-refractivity contribution is 0.782. The number of anilines is 1. The minimum absolute atomic E-state index is 0.689. The summed E-state index contributed by atoms with van der Waals surface area (Å²) in [4.78, 5) is 0. The molecule has 3 rings (SSSR count). The molecule has 3 nitrogen and oxygen atoms in total. The van der Waals surface area contributed by atoms with Crippen LogP contribution in [0.4, 0.5) is 5.82 Å². The molecule has 1 heterocycles. The summed E-state index contributed by atoms with van der Waals surface area (Å²) < 4.78 is 1.74. The molecule has 0 saturated heterocycles. The van der Waals surface area contributed by atoms with Crippen LogP contribution in [0, 0.1) is 13.8 Å². The van der Waals surface area contributed by atoms with Crippen molar-refractivity contribution in [3.63, 3.8) is 0 Å². The number of nitrogens with zero attached hydrogens (tertiary/aromatic N) is 2. The molecular formula is C18H19N3. The molecule has 3 aromatic rings. The zero-order valence-electron chi connectivity index (χ0n) is 12.6. The fourth-order valence-electron chi connectivity index (χ4n) is 2.52. The average molecular weight is 277 g/mol. The Hall–Kier alpha value is -2.55. The van der Waals surface area contributed by atoms with E-state index in [1.807, 2.05) is 25.2 Å².